The van der Waals surface area contributed by atoms with Crippen LogP contribution in [0.1, 0.15) is 11.1 Å². The number of carbonyl (C=O) groups excluding carboxylic acids is 3. The van der Waals surface area contributed by atoms with E-state index >= 15 is 0 Å². The van der Waals surface area contributed by atoms with Crippen LogP contribution < -0.4 is 15.0 Å². The first-order valence-corrected chi connectivity index (χ1v) is 11.7. The predicted octanol–water partition coefficient (Wildman–Crippen LogP) is 5.69. The quantitative estimate of drug-likeness (QED) is 0.163. The Hall–Kier alpha value is -4.62. The normalized spacial score (nSPS) is 14.4. The summed E-state index contributed by atoms with van der Waals surface area (Å²) < 4.78 is 6.21. The van der Waals surface area contributed by atoms with Gasteiger partial charge >= 0.3 is 11.7 Å². The molecule has 0 bridgehead atoms. The number of nitro benzene ring substituents is 2. The van der Waals surface area contributed by atoms with Gasteiger partial charge in [0.15, 0.2) is 0 Å². The molecule has 3 aromatic carbocycles. The number of nitrogens with zero attached hydrogens (tertiary/aromatic N) is 3. The van der Waals surface area contributed by atoms with Gasteiger partial charge in [0.05, 0.1) is 21.6 Å². The Morgan fingerprint density at radius 1 is 1.00 bits per heavy atom. The molecular formula is C24H14BrClN4O8. The number of amides is 4. The molecule has 0 aromatic heterocycles. The Morgan fingerprint density at radius 2 is 1.71 bits per heavy atom. The number of benzene rings is 3. The fraction of sp³-hybridized carbons (Fsp3) is 0.0417. The summed E-state index contributed by atoms with van der Waals surface area (Å²) in [7, 11) is 0. The van der Waals surface area contributed by atoms with E-state index in [1.54, 1.807) is 25.1 Å². The van der Waals surface area contributed by atoms with Gasteiger partial charge in [0, 0.05) is 21.1 Å². The molecule has 1 saturated heterocycles. The zero-order chi connectivity index (χ0) is 27.7. The molecule has 192 valence electrons. The standard InChI is InChI=1S/C24H14BrClN4O8/c1-12-17(26)3-2-4-18(12)28-23(32)16(22(31)27-24(28)33)10-13-9-14(25)5-7-20(13)38-21-8-6-15(29(34)35)11-19(21)30(36)37/h2-11H,1H3,(H,27,31,33)/b16-10+. The van der Waals surface area contributed by atoms with Gasteiger partial charge in [0.2, 0.25) is 5.75 Å². The first-order valence-electron chi connectivity index (χ1n) is 10.5. The average molecular weight is 602 g/mol. The first-order chi connectivity index (χ1) is 18.0. The highest BCUT2D eigenvalue weighted by atomic mass is 79.9. The molecule has 4 rings (SSSR count). The van der Waals surface area contributed by atoms with Gasteiger partial charge in [0.1, 0.15) is 11.3 Å². The number of non-ortho nitro benzene ring substituents is 1. The third-order valence-corrected chi connectivity index (χ3v) is 6.33. The summed E-state index contributed by atoms with van der Waals surface area (Å²) in [6.45, 7) is 1.61. The van der Waals surface area contributed by atoms with Crippen LogP contribution in [0.5, 0.6) is 11.5 Å². The number of halogens is 2. The summed E-state index contributed by atoms with van der Waals surface area (Å²) in [4.78, 5) is 60.3. The van der Waals surface area contributed by atoms with Gasteiger partial charge in [-0.1, -0.05) is 33.6 Å². The van der Waals surface area contributed by atoms with E-state index in [2.05, 4.69) is 21.2 Å². The van der Waals surface area contributed by atoms with Crippen molar-refractivity contribution in [2.75, 3.05) is 4.90 Å². The molecule has 1 fully saturated rings. The van der Waals surface area contributed by atoms with Crippen LogP contribution in [0.25, 0.3) is 6.08 Å². The van der Waals surface area contributed by atoms with Crippen molar-refractivity contribution >= 4 is 68.5 Å². The Labute approximate surface area is 226 Å². The van der Waals surface area contributed by atoms with Crippen molar-refractivity contribution < 1.29 is 29.0 Å². The molecule has 0 atom stereocenters. The maximum absolute atomic E-state index is 13.3. The third kappa shape index (κ3) is 5.10. The van der Waals surface area contributed by atoms with Gasteiger partial charge in [0.25, 0.3) is 17.5 Å². The molecule has 0 spiro atoms. The number of imide groups is 2. The van der Waals surface area contributed by atoms with E-state index in [-0.39, 0.29) is 22.7 Å². The van der Waals surface area contributed by atoms with Crippen molar-refractivity contribution in [3.05, 3.63) is 101 Å². The first kappa shape index (κ1) is 26.4. The maximum atomic E-state index is 13.3. The van der Waals surface area contributed by atoms with Crippen LogP contribution in [0.2, 0.25) is 5.02 Å². The van der Waals surface area contributed by atoms with Crippen LogP contribution in [0.15, 0.2) is 64.6 Å². The molecule has 12 nitrogen and oxygen atoms in total. The van der Waals surface area contributed by atoms with Crippen LogP contribution >= 0.6 is 27.5 Å². The Morgan fingerprint density at radius 3 is 2.39 bits per heavy atom. The van der Waals surface area contributed by atoms with Crippen molar-refractivity contribution in [3.63, 3.8) is 0 Å². The van der Waals surface area contributed by atoms with E-state index in [0.717, 1.165) is 29.2 Å². The van der Waals surface area contributed by atoms with Crippen molar-refractivity contribution in [2.24, 2.45) is 0 Å². The molecule has 1 heterocycles. The Balaban J connectivity index is 1.79. The fourth-order valence-electron chi connectivity index (χ4n) is 3.56. The van der Waals surface area contributed by atoms with E-state index in [9.17, 15) is 34.6 Å². The smallest absolute Gasteiger partial charge is 0.335 e. The number of anilines is 1. The number of carbonyl (C=O) groups is 3. The van der Waals surface area contributed by atoms with Gasteiger partial charge in [-0.05, 0) is 55.0 Å². The van der Waals surface area contributed by atoms with Crippen LogP contribution in [0, 0.1) is 27.2 Å². The van der Waals surface area contributed by atoms with Crippen molar-refractivity contribution in [1.29, 1.82) is 0 Å². The topological polar surface area (TPSA) is 162 Å². The van der Waals surface area contributed by atoms with E-state index in [4.69, 9.17) is 16.3 Å². The monoisotopic (exact) mass is 600 g/mol. The van der Waals surface area contributed by atoms with Crippen LogP contribution in [0.4, 0.5) is 21.9 Å². The number of hydrogen-bond acceptors (Lipinski definition) is 8. The Bertz CT molecular complexity index is 1590. The maximum Gasteiger partial charge on any atom is 0.335 e. The lowest BCUT2D eigenvalue weighted by Gasteiger charge is -2.27. The lowest BCUT2D eigenvalue weighted by Crippen LogP contribution is -2.54. The lowest BCUT2D eigenvalue weighted by molar-refractivity contribution is -0.394. The summed E-state index contributed by atoms with van der Waals surface area (Å²) in [5.74, 6) is -2.23. The van der Waals surface area contributed by atoms with E-state index < -0.39 is 44.6 Å². The summed E-state index contributed by atoms with van der Waals surface area (Å²) in [6, 6.07) is 10.9. The second-order valence-corrected chi connectivity index (χ2v) is 9.12. The molecular weight excluding hydrogens is 588 g/mol. The number of nitrogens with one attached hydrogen (secondary N) is 1. The number of ether oxygens (including phenoxy) is 1. The van der Waals surface area contributed by atoms with E-state index in [0.29, 0.717) is 15.1 Å². The Kier molecular flexibility index (Phi) is 7.23. The molecule has 14 heteroatoms. The summed E-state index contributed by atoms with van der Waals surface area (Å²) in [6.07, 6.45) is 1.16. The third-order valence-electron chi connectivity index (χ3n) is 5.42. The second-order valence-electron chi connectivity index (χ2n) is 7.79. The van der Waals surface area contributed by atoms with Gasteiger partial charge in [-0.25, -0.2) is 9.69 Å². The van der Waals surface area contributed by atoms with Gasteiger partial charge in [-0.2, -0.15) is 0 Å². The van der Waals surface area contributed by atoms with Gasteiger partial charge in [-0.15, -0.1) is 0 Å². The number of hydrogen-bond donors (Lipinski definition) is 1. The minimum Gasteiger partial charge on any atom is -0.449 e. The largest absolute Gasteiger partial charge is 0.449 e. The van der Waals surface area contributed by atoms with Crippen LogP contribution in [-0.2, 0) is 9.59 Å². The van der Waals surface area contributed by atoms with E-state index in [1.807, 2.05) is 0 Å². The molecule has 0 unspecified atom stereocenters. The molecule has 0 saturated carbocycles. The second kappa shape index (κ2) is 10.4. The molecule has 3 aromatic rings. The lowest BCUT2D eigenvalue weighted by atomic mass is 10.0. The zero-order valence-corrected chi connectivity index (χ0v) is 21.5. The van der Waals surface area contributed by atoms with Crippen molar-refractivity contribution in [2.45, 2.75) is 6.92 Å². The van der Waals surface area contributed by atoms with Crippen LogP contribution in [0.3, 0.4) is 0 Å². The molecule has 38 heavy (non-hydrogen) atoms. The predicted molar refractivity (Wildman–Crippen MR) is 139 cm³/mol. The highest BCUT2D eigenvalue weighted by molar-refractivity contribution is 9.10. The van der Waals surface area contributed by atoms with Crippen molar-refractivity contribution in [3.8, 4) is 11.5 Å². The summed E-state index contributed by atoms with van der Waals surface area (Å²) in [5, 5.41) is 25.0. The number of nitro groups is 2. The highest BCUT2D eigenvalue weighted by Gasteiger charge is 2.38. The highest BCUT2D eigenvalue weighted by Crippen LogP contribution is 2.37. The summed E-state index contributed by atoms with van der Waals surface area (Å²) in [5.41, 5.74) is -0.852. The SMILES string of the molecule is Cc1c(Cl)cccc1N1C(=O)NC(=O)/C(=C\c2cc(Br)ccc2Oc2ccc([N+](=O)[O-])cc2[N+](=O)[O-])C1=O. The van der Waals surface area contributed by atoms with E-state index in [1.165, 1.54) is 18.2 Å². The molecule has 1 N–H and O–H groups in total. The molecule has 1 aliphatic heterocycles. The molecule has 0 radical (unpaired) electrons. The van der Waals surface area contributed by atoms with Crippen molar-refractivity contribution in [1.82, 2.24) is 5.32 Å². The summed E-state index contributed by atoms with van der Waals surface area (Å²) >= 11 is 9.43. The number of urea groups is 1. The number of rotatable bonds is 6. The minimum absolute atomic E-state index is 0.0133. The minimum atomic E-state index is -0.969. The molecule has 0 aliphatic carbocycles. The average Bonchev–Trinajstić information content (AvgIpc) is 2.85. The molecule has 1 aliphatic rings. The molecule has 4 amide bonds. The van der Waals surface area contributed by atoms with Gasteiger partial charge < -0.3 is 4.74 Å². The van der Waals surface area contributed by atoms with Gasteiger partial charge in [-0.3, -0.25) is 35.1 Å². The number of barbiturate groups is 1. The zero-order valence-electron chi connectivity index (χ0n) is 19.1. The fourth-order valence-corrected chi connectivity index (χ4v) is 4.11. The van der Waals surface area contributed by atoms with Crippen LogP contribution in [-0.4, -0.2) is 27.7 Å².